The zero-order valence-electron chi connectivity index (χ0n) is 16.3. The van der Waals surface area contributed by atoms with Crippen LogP contribution in [0.25, 0.3) is 5.76 Å². The highest BCUT2D eigenvalue weighted by Crippen LogP contribution is 2.41. The van der Waals surface area contributed by atoms with Gasteiger partial charge in [0.1, 0.15) is 11.5 Å². The fraction of sp³-hybridized carbons (Fsp3) is 0.273. The molecule has 1 heterocycles. The van der Waals surface area contributed by atoms with Gasteiger partial charge in [0.2, 0.25) is 0 Å². The predicted molar refractivity (Wildman–Crippen MR) is 113 cm³/mol. The number of aliphatic hydroxyl groups is 1. The van der Waals surface area contributed by atoms with Gasteiger partial charge < -0.3 is 14.7 Å². The Morgan fingerprint density at radius 3 is 2.45 bits per heavy atom. The summed E-state index contributed by atoms with van der Waals surface area (Å²) in [6, 6.07) is 9.28. The lowest BCUT2D eigenvalue weighted by molar-refractivity contribution is -0.139. The largest absolute Gasteiger partial charge is 0.507 e. The highest BCUT2D eigenvalue weighted by atomic mass is 35.5. The molecule has 0 bridgehead atoms. The van der Waals surface area contributed by atoms with Crippen LogP contribution in [0.2, 0.25) is 10.0 Å². The molecule has 1 N–H and O–H groups in total. The molecule has 1 aliphatic rings. The zero-order chi connectivity index (χ0) is 21.3. The lowest BCUT2D eigenvalue weighted by Crippen LogP contribution is -2.30. The third-order valence-corrected chi connectivity index (χ3v) is 5.67. The van der Waals surface area contributed by atoms with Crippen molar-refractivity contribution in [2.24, 2.45) is 0 Å². The standard InChI is InChI=1S/C22H21Cl2NO4/c1-4-9-25-19(13-5-7-15(23)16(24)11-13)18(21(27)22(25)28)20(26)14-6-8-17(29-3)12(2)10-14/h5-8,10-11,19,26H,4,9H2,1-3H3/b20-18-. The van der Waals surface area contributed by atoms with Crippen LogP contribution in [0.3, 0.4) is 0 Å². The SMILES string of the molecule is CCCN1C(=O)C(=O)/C(=C(\O)c2ccc(OC)c(C)c2)C1c1ccc(Cl)c(Cl)c1. The lowest BCUT2D eigenvalue weighted by atomic mass is 9.94. The molecule has 1 aliphatic heterocycles. The number of nitrogens with zero attached hydrogens (tertiary/aromatic N) is 1. The van der Waals surface area contributed by atoms with E-state index < -0.39 is 17.7 Å². The van der Waals surface area contributed by atoms with Crippen molar-refractivity contribution in [3.05, 3.63) is 68.7 Å². The van der Waals surface area contributed by atoms with Gasteiger partial charge in [-0.3, -0.25) is 9.59 Å². The maximum Gasteiger partial charge on any atom is 0.295 e. The third kappa shape index (κ3) is 3.85. The van der Waals surface area contributed by atoms with Crippen LogP contribution in [0.5, 0.6) is 5.75 Å². The van der Waals surface area contributed by atoms with E-state index in [0.29, 0.717) is 39.9 Å². The molecular weight excluding hydrogens is 413 g/mol. The minimum absolute atomic E-state index is 0.0337. The second-order valence-corrected chi connectivity index (χ2v) is 7.66. The predicted octanol–water partition coefficient (Wildman–Crippen LogP) is 5.14. The number of hydrogen-bond donors (Lipinski definition) is 1. The van der Waals surface area contributed by atoms with E-state index in [1.807, 2.05) is 13.8 Å². The van der Waals surface area contributed by atoms with E-state index >= 15 is 0 Å². The number of hydrogen-bond acceptors (Lipinski definition) is 4. The van der Waals surface area contributed by atoms with Crippen LogP contribution in [0.1, 0.15) is 36.1 Å². The van der Waals surface area contributed by atoms with E-state index in [1.165, 1.54) is 4.90 Å². The summed E-state index contributed by atoms with van der Waals surface area (Å²) in [6.45, 7) is 4.12. The highest BCUT2D eigenvalue weighted by Gasteiger charge is 2.45. The van der Waals surface area contributed by atoms with Crippen molar-refractivity contribution in [1.82, 2.24) is 4.90 Å². The van der Waals surface area contributed by atoms with Gasteiger partial charge in [0.05, 0.1) is 28.8 Å². The number of carbonyl (C=O) groups is 2. The number of rotatable bonds is 5. The van der Waals surface area contributed by atoms with E-state index in [-0.39, 0.29) is 11.3 Å². The molecule has 152 valence electrons. The number of ketones is 1. The number of amides is 1. The maximum atomic E-state index is 12.9. The zero-order valence-corrected chi connectivity index (χ0v) is 17.8. The Hall–Kier alpha value is -2.50. The molecule has 1 atom stereocenters. The second-order valence-electron chi connectivity index (χ2n) is 6.85. The maximum absolute atomic E-state index is 12.9. The van der Waals surface area contributed by atoms with Crippen LogP contribution in [0, 0.1) is 6.92 Å². The first kappa shape index (κ1) is 21.2. The van der Waals surface area contributed by atoms with Crippen molar-refractivity contribution in [3.8, 4) is 5.75 Å². The molecule has 2 aromatic carbocycles. The van der Waals surface area contributed by atoms with E-state index in [4.69, 9.17) is 27.9 Å². The fourth-order valence-corrected chi connectivity index (χ4v) is 3.87. The molecule has 0 aliphatic carbocycles. The molecule has 7 heteroatoms. The van der Waals surface area contributed by atoms with Crippen molar-refractivity contribution in [2.75, 3.05) is 13.7 Å². The molecule has 1 amide bonds. The summed E-state index contributed by atoms with van der Waals surface area (Å²) in [5.41, 5.74) is 1.87. The van der Waals surface area contributed by atoms with Crippen LogP contribution in [0.4, 0.5) is 0 Å². The van der Waals surface area contributed by atoms with Crippen molar-refractivity contribution >= 4 is 40.7 Å². The van der Waals surface area contributed by atoms with Crippen LogP contribution in [-0.4, -0.2) is 35.4 Å². The Morgan fingerprint density at radius 1 is 1.14 bits per heavy atom. The van der Waals surface area contributed by atoms with Crippen molar-refractivity contribution in [2.45, 2.75) is 26.3 Å². The molecule has 3 rings (SSSR count). The van der Waals surface area contributed by atoms with Gasteiger partial charge in [-0.05, 0) is 54.8 Å². The summed E-state index contributed by atoms with van der Waals surface area (Å²) in [7, 11) is 1.56. The Labute approximate surface area is 179 Å². The van der Waals surface area contributed by atoms with Gasteiger partial charge in [-0.25, -0.2) is 0 Å². The Morgan fingerprint density at radius 2 is 1.86 bits per heavy atom. The first-order valence-electron chi connectivity index (χ1n) is 9.18. The minimum Gasteiger partial charge on any atom is -0.507 e. The molecule has 0 radical (unpaired) electrons. The molecular formula is C22H21Cl2NO4. The molecule has 2 aromatic rings. The number of likely N-dealkylation sites (tertiary alicyclic amines) is 1. The minimum atomic E-state index is -0.743. The number of aliphatic hydroxyl groups excluding tert-OH is 1. The summed E-state index contributed by atoms with van der Waals surface area (Å²) in [5.74, 6) is -0.937. The highest BCUT2D eigenvalue weighted by molar-refractivity contribution is 6.46. The molecule has 0 spiro atoms. The number of aryl methyl sites for hydroxylation is 1. The van der Waals surface area contributed by atoms with Crippen LogP contribution in [-0.2, 0) is 9.59 Å². The molecule has 29 heavy (non-hydrogen) atoms. The average molecular weight is 434 g/mol. The summed E-state index contributed by atoms with van der Waals surface area (Å²) in [4.78, 5) is 27.0. The summed E-state index contributed by atoms with van der Waals surface area (Å²) >= 11 is 12.2. The van der Waals surface area contributed by atoms with Crippen molar-refractivity contribution < 1.29 is 19.4 Å². The first-order valence-corrected chi connectivity index (χ1v) is 9.94. The fourth-order valence-electron chi connectivity index (χ4n) is 3.56. The number of ether oxygens (including phenoxy) is 1. The van der Waals surface area contributed by atoms with Gasteiger partial charge in [0, 0.05) is 12.1 Å². The van der Waals surface area contributed by atoms with E-state index in [0.717, 1.165) is 5.56 Å². The van der Waals surface area contributed by atoms with Crippen LogP contribution in [0.15, 0.2) is 42.0 Å². The molecule has 1 unspecified atom stereocenters. The van der Waals surface area contributed by atoms with Crippen molar-refractivity contribution in [1.29, 1.82) is 0 Å². The number of benzene rings is 2. The molecule has 0 saturated carbocycles. The smallest absolute Gasteiger partial charge is 0.295 e. The molecule has 5 nitrogen and oxygen atoms in total. The normalized spacial score (nSPS) is 18.4. The Kier molecular flexibility index (Phi) is 6.20. The van der Waals surface area contributed by atoms with Gasteiger partial charge in [0.15, 0.2) is 0 Å². The van der Waals surface area contributed by atoms with Gasteiger partial charge in [-0.2, -0.15) is 0 Å². The third-order valence-electron chi connectivity index (χ3n) is 4.93. The van der Waals surface area contributed by atoms with E-state index in [9.17, 15) is 14.7 Å². The molecule has 1 saturated heterocycles. The van der Waals surface area contributed by atoms with Gasteiger partial charge in [0.25, 0.3) is 11.7 Å². The summed E-state index contributed by atoms with van der Waals surface area (Å²) < 4.78 is 5.25. The number of Topliss-reactive ketones (excluding diaryl/α,β-unsaturated/α-hetero) is 1. The average Bonchev–Trinajstić information content (AvgIpc) is 2.94. The van der Waals surface area contributed by atoms with E-state index in [1.54, 1.807) is 43.5 Å². The quantitative estimate of drug-likeness (QED) is 0.402. The Bertz CT molecular complexity index is 1020. The topological polar surface area (TPSA) is 66.8 Å². The number of halogens is 2. The first-order chi connectivity index (χ1) is 13.8. The lowest BCUT2D eigenvalue weighted by Gasteiger charge is -2.25. The van der Waals surface area contributed by atoms with Crippen molar-refractivity contribution in [3.63, 3.8) is 0 Å². The molecule has 0 aromatic heterocycles. The van der Waals surface area contributed by atoms with E-state index in [2.05, 4.69) is 0 Å². The molecule has 1 fully saturated rings. The number of methoxy groups -OCH3 is 1. The summed E-state index contributed by atoms with van der Waals surface area (Å²) in [6.07, 6.45) is 0.659. The van der Waals surface area contributed by atoms with Crippen LogP contribution >= 0.6 is 23.2 Å². The number of carbonyl (C=O) groups excluding carboxylic acids is 2. The van der Waals surface area contributed by atoms with Crippen LogP contribution < -0.4 is 4.74 Å². The van der Waals surface area contributed by atoms with Gasteiger partial charge in [-0.15, -0.1) is 0 Å². The summed E-state index contributed by atoms with van der Waals surface area (Å²) in [5, 5.41) is 11.7. The monoisotopic (exact) mass is 433 g/mol. The van der Waals surface area contributed by atoms with Gasteiger partial charge >= 0.3 is 0 Å². The van der Waals surface area contributed by atoms with Gasteiger partial charge in [-0.1, -0.05) is 36.2 Å². The second kappa shape index (κ2) is 8.47. The Balaban J connectivity index is 2.20.